The van der Waals surface area contributed by atoms with E-state index in [4.69, 9.17) is 10.2 Å². The minimum absolute atomic E-state index is 0.132. The molecule has 0 spiro atoms. The van der Waals surface area contributed by atoms with E-state index in [1.54, 1.807) is 0 Å². The van der Waals surface area contributed by atoms with Crippen LogP contribution in [0.2, 0.25) is 0 Å². The summed E-state index contributed by atoms with van der Waals surface area (Å²) in [5, 5.41) is 35.7. The van der Waals surface area contributed by atoms with Gasteiger partial charge < -0.3 is 20.4 Å². The summed E-state index contributed by atoms with van der Waals surface area (Å²) in [6.45, 7) is 0. The van der Waals surface area contributed by atoms with Crippen LogP contribution in [-0.2, 0) is 32.0 Å². The number of aliphatic carboxylic acids is 4. The van der Waals surface area contributed by atoms with Crippen LogP contribution in [0.15, 0.2) is 24.3 Å². The van der Waals surface area contributed by atoms with Gasteiger partial charge >= 0.3 is 23.9 Å². The molecule has 1 rings (SSSR count). The van der Waals surface area contributed by atoms with Gasteiger partial charge in [0.2, 0.25) is 0 Å². The van der Waals surface area contributed by atoms with Crippen LogP contribution in [0.1, 0.15) is 62.5 Å². The van der Waals surface area contributed by atoms with Crippen molar-refractivity contribution in [3.8, 4) is 0 Å². The second-order valence-corrected chi connectivity index (χ2v) is 7.54. The van der Waals surface area contributed by atoms with Crippen LogP contribution in [-0.4, -0.2) is 44.3 Å². The highest BCUT2D eigenvalue weighted by atomic mass is 16.4. The molecule has 30 heavy (non-hydrogen) atoms. The summed E-state index contributed by atoms with van der Waals surface area (Å²) < 4.78 is 0. The van der Waals surface area contributed by atoms with Crippen molar-refractivity contribution >= 4 is 23.9 Å². The first-order valence-electron chi connectivity index (χ1n) is 10.2. The Balaban J connectivity index is 2.40. The fourth-order valence-corrected chi connectivity index (χ4v) is 3.36. The quantitative estimate of drug-likeness (QED) is 0.316. The van der Waals surface area contributed by atoms with Crippen LogP contribution >= 0.6 is 0 Å². The molecule has 0 aromatic heterocycles. The Morgan fingerprint density at radius 2 is 0.933 bits per heavy atom. The molecule has 0 amide bonds. The van der Waals surface area contributed by atoms with Crippen LogP contribution in [0.3, 0.4) is 0 Å². The van der Waals surface area contributed by atoms with E-state index in [0.29, 0.717) is 38.5 Å². The van der Waals surface area contributed by atoms with Crippen LogP contribution in [0.4, 0.5) is 0 Å². The molecule has 0 aliphatic rings. The predicted molar refractivity (Wildman–Crippen MR) is 108 cm³/mol. The van der Waals surface area contributed by atoms with Gasteiger partial charge in [-0.05, 0) is 62.5 Å². The molecule has 0 heterocycles. The minimum atomic E-state index is -0.992. The number of hydrogen-bond donors (Lipinski definition) is 4. The first-order chi connectivity index (χ1) is 14.2. The van der Waals surface area contributed by atoms with Gasteiger partial charge in [0.05, 0.1) is 11.8 Å². The third-order valence-electron chi connectivity index (χ3n) is 5.17. The molecule has 166 valence electrons. The zero-order valence-electron chi connectivity index (χ0n) is 17.0. The van der Waals surface area contributed by atoms with Gasteiger partial charge in [0.25, 0.3) is 0 Å². The van der Waals surface area contributed by atoms with Crippen molar-refractivity contribution in [2.75, 3.05) is 0 Å². The Kier molecular flexibility index (Phi) is 11.2. The molecule has 2 atom stereocenters. The normalized spacial score (nSPS) is 12.8. The van der Waals surface area contributed by atoms with E-state index in [2.05, 4.69) is 0 Å². The molecule has 0 aliphatic heterocycles. The predicted octanol–water partition coefficient (Wildman–Crippen LogP) is 3.46. The highest BCUT2D eigenvalue weighted by Crippen LogP contribution is 2.19. The standard InChI is InChI=1S/C22H30O8/c23-19(24)13-11-17(21(27)28)5-1-3-15-7-9-16(10-8-15)4-2-6-18(22(29)30)12-14-20(25)26/h7-10,17-18H,1-6,11-14H2,(H,23,24)(H,25,26)(H,27,28)(H,29,30). The lowest BCUT2D eigenvalue weighted by Gasteiger charge is -2.12. The Labute approximate surface area is 175 Å². The largest absolute Gasteiger partial charge is 0.481 e. The average molecular weight is 422 g/mol. The fraction of sp³-hybridized carbons (Fsp3) is 0.545. The summed E-state index contributed by atoms with van der Waals surface area (Å²) in [7, 11) is 0. The molecule has 0 radical (unpaired) electrons. The Morgan fingerprint density at radius 3 is 1.20 bits per heavy atom. The molecular weight excluding hydrogens is 392 g/mol. The van der Waals surface area contributed by atoms with Crippen molar-refractivity contribution in [3.05, 3.63) is 35.4 Å². The van der Waals surface area contributed by atoms with Crippen LogP contribution < -0.4 is 0 Å². The van der Waals surface area contributed by atoms with E-state index in [0.717, 1.165) is 11.1 Å². The number of carbonyl (C=O) groups is 4. The van der Waals surface area contributed by atoms with Crippen molar-refractivity contribution in [1.29, 1.82) is 0 Å². The van der Waals surface area contributed by atoms with Crippen LogP contribution in [0.5, 0.6) is 0 Å². The maximum Gasteiger partial charge on any atom is 0.306 e. The van der Waals surface area contributed by atoms with E-state index in [1.807, 2.05) is 24.3 Å². The Morgan fingerprint density at radius 1 is 0.600 bits per heavy atom. The molecule has 4 N–H and O–H groups in total. The van der Waals surface area contributed by atoms with Gasteiger partial charge in [-0.2, -0.15) is 0 Å². The molecule has 0 aliphatic carbocycles. The summed E-state index contributed by atoms with van der Waals surface area (Å²) in [5.41, 5.74) is 2.12. The summed E-state index contributed by atoms with van der Waals surface area (Å²) in [4.78, 5) is 43.6. The van der Waals surface area contributed by atoms with E-state index < -0.39 is 35.7 Å². The summed E-state index contributed by atoms with van der Waals surface area (Å²) in [6, 6.07) is 7.84. The molecule has 0 bridgehead atoms. The van der Waals surface area contributed by atoms with Gasteiger partial charge in [0.1, 0.15) is 0 Å². The van der Waals surface area contributed by atoms with E-state index in [-0.39, 0.29) is 25.7 Å². The van der Waals surface area contributed by atoms with Gasteiger partial charge in [-0.15, -0.1) is 0 Å². The minimum Gasteiger partial charge on any atom is -0.481 e. The number of hydrogen-bond acceptors (Lipinski definition) is 4. The van der Waals surface area contributed by atoms with Crippen molar-refractivity contribution in [2.45, 2.75) is 64.2 Å². The summed E-state index contributed by atoms with van der Waals surface area (Å²) in [6.07, 6.45) is 3.53. The zero-order chi connectivity index (χ0) is 22.5. The second-order valence-electron chi connectivity index (χ2n) is 7.54. The molecule has 1 aromatic carbocycles. The Bertz CT molecular complexity index is 649. The molecule has 0 saturated heterocycles. The van der Waals surface area contributed by atoms with Gasteiger partial charge in [-0.25, -0.2) is 0 Å². The zero-order valence-corrected chi connectivity index (χ0v) is 17.0. The molecule has 0 saturated carbocycles. The first-order valence-corrected chi connectivity index (χ1v) is 10.2. The van der Waals surface area contributed by atoms with Gasteiger partial charge in [0.15, 0.2) is 0 Å². The third kappa shape index (κ3) is 10.6. The smallest absolute Gasteiger partial charge is 0.306 e. The lowest BCUT2D eigenvalue weighted by molar-refractivity contribution is -0.145. The van der Waals surface area contributed by atoms with E-state index in [9.17, 15) is 29.4 Å². The number of carboxylic acid groups (broad SMARTS) is 4. The topological polar surface area (TPSA) is 149 Å². The molecule has 8 heteroatoms. The van der Waals surface area contributed by atoms with Crippen molar-refractivity contribution in [1.82, 2.24) is 0 Å². The molecule has 0 fully saturated rings. The van der Waals surface area contributed by atoms with E-state index >= 15 is 0 Å². The third-order valence-corrected chi connectivity index (χ3v) is 5.17. The summed E-state index contributed by atoms with van der Waals surface area (Å²) in [5.74, 6) is -5.21. The highest BCUT2D eigenvalue weighted by Gasteiger charge is 2.19. The Hall–Kier alpha value is -2.90. The maximum absolute atomic E-state index is 11.2. The van der Waals surface area contributed by atoms with Gasteiger partial charge in [0, 0.05) is 12.8 Å². The van der Waals surface area contributed by atoms with Gasteiger partial charge in [-0.3, -0.25) is 19.2 Å². The van der Waals surface area contributed by atoms with Crippen molar-refractivity contribution < 1.29 is 39.6 Å². The molecule has 1 aromatic rings. The lowest BCUT2D eigenvalue weighted by atomic mass is 9.94. The molecular formula is C22H30O8. The highest BCUT2D eigenvalue weighted by molar-refractivity contribution is 5.72. The van der Waals surface area contributed by atoms with Crippen LogP contribution in [0, 0.1) is 11.8 Å². The average Bonchev–Trinajstić information content (AvgIpc) is 2.67. The summed E-state index contributed by atoms with van der Waals surface area (Å²) >= 11 is 0. The number of carboxylic acids is 4. The van der Waals surface area contributed by atoms with Crippen molar-refractivity contribution in [3.63, 3.8) is 0 Å². The first kappa shape index (κ1) is 25.1. The molecule has 2 unspecified atom stereocenters. The second kappa shape index (κ2) is 13.3. The van der Waals surface area contributed by atoms with Crippen LogP contribution in [0.25, 0.3) is 0 Å². The maximum atomic E-state index is 11.2. The molecule has 8 nitrogen and oxygen atoms in total. The number of benzene rings is 1. The number of aryl methyl sites for hydroxylation is 2. The lowest BCUT2D eigenvalue weighted by Crippen LogP contribution is -2.15. The number of rotatable bonds is 16. The van der Waals surface area contributed by atoms with E-state index in [1.165, 1.54) is 0 Å². The monoisotopic (exact) mass is 422 g/mol. The fourth-order valence-electron chi connectivity index (χ4n) is 3.36. The van der Waals surface area contributed by atoms with Gasteiger partial charge in [-0.1, -0.05) is 24.3 Å². The SMILES string of the molecule is O=C(O)CCC(CCCc1ccc(CCCC(CCC(=O)O)C(=O)O)cc1)C(=O)O. The van der Waals surface area contributed by atoms with Crippen molar-refractivity contribution in [2.24, 2.45) is 11.8 Å².